The summed E-state index contributed by atoms with van der Waals surface area (Å²) in [7, 11) is 1.58. The molecule has 0 spiro atoms. The zero-order valence-electron chi connectivity index (χ0n) is 8.44. The predicted octanol–water partition coefficient (Wildman–Crippen LogP) is -1.72. The Bertz CT molecular complexity index is 492. The third kappa shape index (κ3) is 2.80. The summed E-state index contributed by atoms with van der Waals surface area (Å²) in [5.74, 6) is -0.408. The molecule has 0 atom stereocenters. The van der Waals surface area contributed by atoms with Crippen LogP contribution >= 0.6 is 11.3 Å². The Morgan fingerprint density at radius 1 is 1.40 bits per heavy atom. The normalized spacial score (nSPS) is 9.67. The molecule has 2 rings (SSSR count). The Hall–Kier alpha value is 0.0864. The van der Waals surface area contributed by atoms with Gasteiger partial charge in [-0.15, -0.1) is 11.3 Å². The number of methoxy groups -OCH3 is 1. The van der Waals surface area contributed by atoms with Crippen LogP contribution in [0, 0.1) is 0 Å². The SMILES string of the molecule is COc1ccc2cc(C(=O)[O-])sc2c1.[K+]. The number of aromatic carboxylic acids is 1. The standard InChI is InChI=1S/C10H8O3S.K/c1-13-7-3-2-6-4-9(10(11)12)14-8(6)5-7;/h2-5H,1H3,(H,11,12);/q;+1/p-1. The molecule has 0 aliphatic carbocycles. The summed E-state index contributed by atoms with van der Waals surface area (Å²) in [6.45, 7) is 0. The van der Waals surface area contributed by atoms with Crippen LogP contribution < -0.4 is 61.2 Å². The second-order valence-corrected chi connectivity index (χ2v) is 3.89. The van der Waals surface area contributed by atoms with Crippen LogP contribution in [0.15, 0.2) is 24.3 Å². The van der Waals surface area contributed by atoms with E-state index < -0.39 is 5.97 Å². The molecule has 0 saturated carbocycles. The third-order valence-electron chi connectivity index (χ3n) is 1.93. The summed E-state index contributed by atoms with van der Waals surface area (Å²) in [6.07, 6.45) is 0. The average molecular weight is 246 g/mol. The number of carbonyl (C=O) groups excluding carboxylic acids is 1. The van der Waals surface area contributed by atoms with E-state index in [2.05, 4.69) is 0 Å². The van der Waals surface area contributed by atoms with E-state index in [4.69, 9.17) is 4.74 Å². The van der Waals surface area contributed by atoms with Gasteiger partial charge in [0.25, 0.3) is 0 Å². The van der Waals surface area contributed by atoms with Crippen LogP contribution in [0.3, 0.4) is 0 Å². The fourth-order valence-corrected chi connectivity index (χ4v) is 2.17. The minimum Gasteiger partial charge on any atom is -0.544 e. The maximum Gasteiger partial charge on any atom is 1.00 e. The summed E-state index contributed by atoms with van der Waals surface area (Å²) in [5.41, 5.74) is 0. The van der Waals surface area contributed by atoms with Crippen LogP contribution in [0.1, 0.15) is 9.67 Å². The predicted molar refractivity (Wildman–Crippen MR) is 52.7 cm³/mol. The van der Waals surface area contributed by atoms with Crippen molar-refractivity contribution >= 4 is 27.4 Å². The molecule has 1 heterocycles. The Kier molecular flexibility index (Phi) is 4.76. The van der Waals surface area contributed by atoms with Crippen LogP contribution in [-0.2, 0) is 0 Å². The first-order chi connectivity index (χ1) is 6.70. The van der Waals surface area contributed by atoms with Crippen molar-refractivity contribution in [2.45, 2.75) is 0 Å². The van der Waals surface area contributed by atoms with E-state index in [0.29, 0.717) is 0 Å². The molecule has 0 saturated heterocycles. The minimum atomic E-state index is -1.13. The zero-order valence-corrected chi connectivity index (χ0v) is 12.4. The number of benzene rings is 1. The van der Waals surface area contributed by atoms with Gasteiger partial charge in [-0.25, -0.2) is 0 Å². The van der Waals surface area contributed by atoms with Crippen LogP contribution in [-0.4, -0.2) is 13.1 Å². The molecule has 0 N–H and O–H groups in total. The first-order valence-corrected chi connectivity index (χ1v) is 4.81. The number of hydrogen-bond donors (Lipinski definition) is 0. The molecule has 15 heavy (non-hydrogen) atoms. The molecule has 0 amide bonds. The summed E-state index contributed by atoms with van der Waals surface area (Å²) < 4.78 is 5.93. The van der Waals surface area contributed by atoms with Gasteiger partial charge < -0.3 is 14.6 Å². The number of carboxylic acid groups (broad SMARTS) is 1. The van der Waals surface area contributed by atoms with Crippen LogP contribution in [0.5, 0.6) is 5.75 Å². The maximum absolute atomic E-state index is 10.6. The molecule has 3 nitrogen and oxygen atoms in total. The largest absolute Gasteiger partial charge is 1.00 e. The molecule has 72 valence electrons. The van der Waals surface area contributed by atoms with Gasteiger partial charge in [-0.05, 0) is 29.7 Å². The number of fused-ring (bicyclic) bond motifs is 1. The van der Waals surface area contributed by atoms with Crippen molar-refractivity contribution in [2.75, 3.05) is 7.11 Å². The first-order valence-electron chi connectivity index (χ1n) is 3.99. The molecule has 5 heteroatoms. The van der Waals surface area contributed by atoms with Crippen molar-refractivity contribution < 1.29 is 66.0 Å². The molecular weight excluding hydrogens is 239 g/mol. The number of rotatable bonds is 2. The molecule has 0 unspecified atom stereocenters. The van der Waals surface area contributed by atoms with Gasteiger partial charge in [-0.1, -0.05) is 0 Å². The van der Waals surface area contributed by atoms with Gasteiger partial charge >= 0.3 is 51.4 Å². The smallest absolute Gasteiger partial charge is 0.544 e. The van der Waals surface area contributed by atoms with Crippen molar-refractivity contribution in [2.24, 2.45) is 0 Å². The van der Waals surface area contributed by atoms with E-state index in [1.165, 1.54) is 11.3 Å². The molecule has 1 aromatic heterocycles. The summed E-state index contributed by atoms with van der Waals surface area (Å²) in [6, 6.07) is 7.05. The molecule has 1 aromatic carbocycles. The van der Waals surface area contributed by atoms with E-state index >= 15 is 0 Å². The summed E-state index contributed by atoms with van der Waals surface area (Å²) >= 11 is 1.19. The summed E-state index contributed by atoms with van der Waals surface area (Å²) in [5, 5.41) is 11.5. The minimum absolute atomic E-state index is 0. The molecular formula is C10H7KO3S. The van der Waals surface area contributed by atoms with Crippen LogP contribution in [0.25, 0.3) is 10.1 Å². The van der Waals surface area contributed by atoms with Gasteiger partial charge in [0.15, 0.2) is 0 Å². The van der Waals surface area contributed by atoms with E-state index in [0.717, 1.165) is 15.8 Å². The second kappa shape index (κ2) is 5.43. The number of carbonyl (C=O) groups is 1. The third-order valence-corrected chi connectivity index (χ3v) is 3.01. The van der Waals surface area contributed by atoms with Gasteiger partial charge in [0.1, 0.15) is 5.75 Å². The van der Waals surface area contributed by atoms with E-state index in [9.17, 15) is 9.90 Å². The Morgan fingerprint density at radius 3 is 2.73 bits per heavy atom. The second-order valence-electron chi connectivity index (χ2n) is 2.80. The van der Waals surface area contributed by atoms with Crippen molar-refractivity contribution in [3.05, 3.63) is 29.1 Å². The monoisotopic (exact) mass is 246 g/mol. The number of thiophene rings is 1. The van der Waals surface area contributed by atoms with Crippen LogP contribution in [0.4, 0.5) is 0 Å². The van der Waals surface area contributed by atoms with E-state index in [1.807, 2.05) is 12.1 Å². The Balaban J connectivity index is 0.00000112. The van der Waals surface area contributed by atoms with Crippen LogP contribution in [0.2, 0.25) is 0 Å². The van der Waals surface area contributed by atoms with E-state index in [-0.39, 0.29) is 56.3 Å². The fourth-order valence-electron chi connectivity index (χ4n) is 1.24. The van der Waals surface area contributed by atoms with Crippen molar-refractivity contribution in [1.29, 1.82) is 0 Å². The van der Waals surface area contributed by atoms with Gasteiger partial charge in [-0.3, -0.25) is 0 Å². The molecule has 0 bridgehead atoms. The fraction of sp³-hybridized carbons (Fsp3) is 0.100. The number of hydrogen-bond acceptors (Lipinski definition) is 4. The quantitative estimate of drug-likeness (QED) is 0.592. The van der Waals surface area contributed by atoms with Crippen molar-refractivity contribution in [3.63, 3.8) is 0 Å². The topological polar surface area (TPSA) is 49.4 Å². The Labute approximate surface area is 133 Å². The molecule has 0 fully saturated rings. The van der Waals surface area contributed by atoms with Gasteiger partial charge in [0, 0.05) is 4.70 Å². The number of ether oxygens (including phenoxy) is 1. The van der Waals surface area contributed by atoms with Gasteiger partial charge in [0.2, 0.25) is 0 Å². The van der Waals surface area contributed by atoms with Crippen molar-refractivity contribution in [1.82, 2.24) is 0 Å². The number of carboxylic acids is 1. The zero-order chi connectivity index (χ0) is 10.1. The first kappa shape index (κ1) is 13.2. The molecule has 0 radical (unpaired) electrons. The maximum atomic E-state index is 10.6. The average Bonchev–Trinajstić information content (AvgIpc) is 2.59. The van der Waals surface area contributed by atoms with Crippen molar-refractivity contribution in [3.8, 4) is 5.75 Å². The molecule has 2 aromatic rings. The Morgan fingerprint density at radius 2 is 2.13 bits per heavy atom. The summed E-state index contributed by atoms with van der Waals surface area (Å²) in [4.78, 5) is 10.8. The van der Waals surface area contributed by atoms with Gasteiger partial charge in [0.05, 0.1) is 18.0 Å². The van der Waals surface area contributed by atoms with E-state index in [1.54, 1.807) is 19.2 Å². The van der Waals surface area contributed by atoms with Gasteiger partial charge in [-0.2, -0.15) is 0 Å². The molecule has 0 aliphatic rings. The molecule has 0 aliphatic heterocycles.